The molecule has 0 unspecified atom stereocenters. The first-order valence-corrected chi connectivity index (χ1v) is 19.7. The van der Waals surface area contributed by atoms with Gasteiger partial charge in [0.2, 0.25) is 0 Å². The van der Waals surface area contributed by atoms with Crippen molar-refractivity contribution in [1.82, 2.24) is 14.3 Å². The average molecular weight is 753 g/mol. The molecule has 5 aromatic rings. The number of hydrogen-bond acceptors (Lipinski definition) is 7. The normalized spacial score (nSPS) is 11.3. The van der Waals surface area contributed by atoms with Crippen molar-refractivity contribution in [2.75, 3.05) is 18.1 Å². The first kappa shape index (κ1) is 39.6. The van der Waals surface area contributed by atoms with Gasteiger partial charge in [0, 0.05) is 41.8 Å². The minimum atomic E-state index is -4.35. The van der Waals surface area contributed by atoms with Crippen LogP contribution in [-0.2, 0) is 34.1 Å². The van der Waals surface area contributed by atoms with Gasteiger partial charge in [0.25, 0.3) is 15.9 Å². The second-order valence-corrected chi connectivity index (χ2v) is 14.4. The highest BCUT2D eigenvalue weighted by Crippen LogP contribution is 2.30. The van der Waals surface area contributed by atoms with Gasteiger partial charge in [-0.05, 0) is 61.2 Å². The van der Waals surface area contributed by atoms with Gasteiger partial charge in [-0.3, -0.25) is 9.59 Å². The van der Waals surface area contributed by atoms with E-state index in [9.17, 15) is 22.8 Å². The molecule has 2 amide bonds. The van der Waals surface area contributed by atoms with E-state index < -0.39 is 21.9 Å². The lowest BCUT2D eigenvalue weighted by Crippen LogP contribution is -2.33. The summed E-state index contributed by atoms with van der Waals surface area (Å²) < 4.78 is 51.2. The van der Waals surface area contributed by atoms with E-state index >= 15 is 4.39 Å². The number of ether oxygens (including phenoxy) is 1. The second-order valence-electron chi connectivity index (χ2n) is 12.7. The molecule has 0 saturated carbocycles. The molecule has 0 aliphatic carbocycles. The molecular formula is C42H45FN4O6S. The van der Waals surface area contributed by atoms with E-state index in [1.807, 2.05) is 61.9 Å². The number of aromatic nitrogens is 2. The first-order chi connectivity index (χ1) is 26.1. The predicted molar refractivity (Wildman–Crippen MR) is 207 cm³/mol. The molecule has 0 spiro atoms. The summed E-state index contributed by atoms with van der Waals surface area (Å²) in [5.74, 6) is -0.414. The van der Waals surface area contributed by atoms with Crippen molar-refractivity contribution >= 4 is 33.5 Å². The van der Waals surface area contributed by atoms with Crippen LogP contribution in [0.3, 0.4) is 0 Å². The monoisotopic (exact) mass is 752 g/mol. The standard InChI is InChI=1S/C42H45FN4O6S/c1-4-7-27-53-42(50)45-54(51,52)38-22-15-14-21-34(38)31-23-24-32(35(43)28-31)29-47-39(16-5-2)44-36(6-3)40(47)37(48)25-26-46(33-19-12-9-13-20-33)41(49)30-17-10-8-11-18-30/h8-15,17-24,28H,4-7,16,25-27,29H2,1-3H3,(H,45,50). The lowest BCUT2D eigenvalue weighted by molar-refractivity contribution is 0.0961. The number of hydrogen-bond donors (Lipinski definition) is 1. The Morgan fingerprint density at radius 2 is 1.56 bits per heavy atom. The fourth-order valence-corrected chi connectivity index (χ4v) is 7.30. The highest BCUT2D eigenvalue weighted by atomic mass is 32.2. The third kappa shape index (κ3) is 9.48. The molecule has 12 heteroatoms. The fourth-order valence-electron chi connectivity index (χ4n) is 6.18. The van der Waals surface area contributed by atoms with E-state index in [0.29, 0.717) is 47.7 Å². The average Bonchev–Trinajstić information content (AvgIpc) is 3.53. The summed E-state index contributed by atoms with van der Waals surface area (Å²) in [7, 11) is -4.35. The summed E-state index contributed by atoms with van der Waals surface area (Å²) >= 11 is 0. The maximum Gasteiger partial charge on any atom is 0.421 e. The Morgan fingerprint density at radius 1 is 0.870 bits per heavy atom. The lowest BCUT2D eigenvalue weighted by atomic mass is 10.0. The quantitative estimate of drug-likeness (QED) is 0.0747. The van der Waals surface area contributed by atoms with E-state index in [1.165, 1.54) is 24.3 Å². The van der Waals surface area contributed by atoms with Gasteiger partial charge < -0.3 is 14.2 Å². The third-order valence-corrected chi connectivity index (χ3v) is 10.3. The van der Waals surface area contributed by atoms with Crippen molar-refractivity contribution in [2.24, 2.45) is 0 Å². The molecule has 0 bridgehead atoms. The van der Waals surface area contributed by atoms with Crippen molar-refractivity contribution in [3.8, 4) is 11.1 Å². The third-order valence-electron chi connectivity index (χ3n) is 8.91. The van der Waals surface area contributed by atoms with Gasteiger partial charge >= 0.3 is 6.09 Å². The molecule has 54 heavy (non-hydrogen) atoms. The van der Waals surface area contributed by atoms with E-state index in [0.717, 1.165) is 12.8 Å². The van der Waals surface area contributed by atoms with Gasteiger partial charge in [0.1, 0.15) is 17.3 Å². The van der Waals surface area contributed by atoms with Crippen molar-refractivity contribution < 1.29 is 31.9 Å². The molecule has 0 aliphatic rings. The smallest absolute Gasteiger partial charge is 0.421 e. The van der Waals surface area contributed by atoms with Gasteiger partial charge in [-0.1, -0.05) is 93.9 Å². The number of imidazole rings is 1. The summed E-state index contributed by atoms with van der Waals surface area (Å²) in [6.07, 6.45) is 2.05. The van der Waals surface area contributed by atoms with E-state index in [1.54, 1.807) is 51.9 Å². The number of nitrogens with zero attached hydrogens (tertiary/aromatic N) is 3. The number of carbonyl (C=O) groups is 3. The van der Waals surface area contributed by atoms with Gasteiger partial charge in [-0.25, -0.2) is 27.3 Å². The molecule has 282 valence electrons. The first-order valence-electron chi connectivity index (χ1n) is 18.2. The van der Waals surface area contributed by atoms with Gasteiger partial charge in [0.15, 0.2) is 5.78 Å². The fraction of sp³-hybridized carbons (Fsp3) is 0.286. The van der Waals surface area contributed by atoms with Crippen molar-refractivity contribution in [1.29, 1.82) is 0 Å². The maximum absolute atomic E-state index is 16.1. The number of nitrogens with one attached hydrogen (secondary N) is 1. The summed E-state index contributed by atoms with van der Waals surface area (Å²) in [6.45, 7) is 6.03. The number of halogens is 1. The predicted octanol–water partition coefficient (Wildman–Crippen LogP) is 8.39. The number of amides is 2. The van der Waals surface area contributed by atoms with Crippen molar-refractivity contribution in [2.45, 2.75) is 70.7 Å². The summed E-state index contributed by atoms with van der Waals surface area (Å²) in [6, 6.07) is 28.5. The maximum atomic E-state index is 16.1. The van der Waals surface area contributed by atoms with Crippen LogP contribution in [-0.4, -0.2) is 48.9 Å². The zero-order valence-electron chi connectivity index (χ0n) is 30.8. The van der Waals surface area contributed by atoms with E-state index in [2.05, 4.69) is 0 Å². The molecule has 1 aromatic heterocycles. The topological polar surface area (TPSA) is 128 Å². The Morgan fingerprint density at radius 3 is 2.22 bits per heavy atom. The molecule has 1 heterocycles. The van der Waals surface area contributed by atoms with Gasteiger partial charge in [-0.15, -0.1) is 0 Å². The number of aryl methyl sites for hydroxylation is 2. The summed E-state index contributed by atoms with van der Waals surface area (Å²) in [4.78, 5) is 46.2. The number of para-hydroxylation sites is 1. The molecule has 0 fully saturated rings. The summed E-state index contributed by atoms with van der Waals surface area (Å²) in [5.41, 5.74) is 2.88. The Hall–Kier alpha value is -5.62. The SMILES string of the molecule is CCCCOC(=O)NS(=O)(=O)c1ccccc1-c1ccc(Cn2c(CCC)nc(CC)c2C(=O)CCN(C(=O)c2ccccc2)c2ccccc2)c(F)c1. The highest BCUT2D eigenvalue weighted by Gasteiger charge is 2.26. The molecule has 1 N–H and O–H groups in total. The zero-order chi connectivity index (χ0) is 38.7. The zero-order valence-corrected chi connectivity index (χ0v) is 31.6. The Balaban J connectivity index is 1.43. The van der Waals surface area contributed by atoms with Crippen LogP contribution >= 0.6 is 0 Å². The molecule has 5 rings (SSSR count). The minimum absolute atomic E-state index is 0.00455. The van der Waals surface area contributed by atoms with Crippen molar-refractivity contribution in [3.63, 3.8) is 0 Å². The molecule has 0 atom stereocenters. The van der Waals surface area contributed by atoms with Crippen LogP contribution in [0.15, 0.2) is 108 Å². The largest absolute Gasteiger partial charge is 0.449 e. The van der Waals surface area contributed by atoms with Crippen LogP contribution in [0.5, 0.6) is 0 Å². The Bertz CT molecular complexity index is 2190. The Kier molecular flexibility index (Phi) is 13.5. The number of rotatable bonds is 17. The molecule has 0 radical (unpaired) electrons. The molecule has 0 aliphatic heterocycles. The molecule has 4 aromatic carbocycles. The number of unbranched alkanes of at least 4 members (excludes halogenated alkanes) is 1. The Labute approximate surface area is 316 Å². The van der Waals surface area contributed by atoms with E-state index in [-0.39, 0.29) is 59.4 Å². The van der Waals surface area contributed by atoms with E-state index in [4.69, 9.17) is 9.72 Å². The van der Waals surface area contributed by atoms with Crippen LogP contribution < -0.4 is 9.62 Å². The lowest BCUT2D eigenvalue weighted by Gasteiger charge is -2.23. The molecule has 0 saturated heterocycles. The number of anilines is 1. The summed E-state index contributed by atoms with van der Waals surface area (Å²) in [5, 5.41) is 0. The molecular weight excluding hydrogens is 708 g/mol. The van der Waals surface area contributed by atoms with Crippen molar-refractivity contribution in [3.05, 3.63) is 137 Å². The van der Waals surface area contributed by atoms with Gasteiger partial charge in [-0.2, -0.15) is 0 Å². The van der Waals surface area contributed by atoms with Crippen LogP contribution in [0.2, 0.25) is 0 Å². The van der Waals surface area contributed by atoms with Gasteiger partial charge in [0.05, 0.1) is 23.7 Å². The highest BCUT2D eigenvalue weighted by molar-refractivity contribution is 7.90. The van der Waals surface area contributed by atoms with Crippen LogP contribution in [0.25, 0.3) is 11.1 Å². The number of benzene rings is 4. The van der Waals surface area contributed by atoms with Crippen LogP contribution in [0.1, 0.15) is 84.4 Å². The number of sulfonamides is 1. The molecule has 10 nitrogen and oxygen atoms in total. The van der Waals surface area contributed by atoms with Crippen LogP contribution in [0.4, 0.5) is 14.9 Å². The number of carbonyl (C=O) groups excluding carboxylic acids is 3. The minimum Gasteiger partial charge on any atom is -0.449 e. The second kappa shape index (κ2) is 18.4. The number of ketones is 1. The number of Topliss-reactive ketones (excluding diaryl/α,β-unsaturated/α-hetero) is 1. The van der Waals surface area contributed by atoms with Crippen LogP contribution in [0, 0.1) is 5.82 Å².